The normalized spacial score (nSPS) is 14.0. The van der Waals surface area contributed by atoms with Crippen LogP contribution in [0.5, 0.6) is 0 Å². The fraction of sp³-hybridized carbons (Fsp3) is 0.194. The second kappa shape index (κ2) is 12.4. The minimum Gasteiger partial charge on any atom is -0.368 e. The Morgan fingerprint density at radius 1 is 0.826 bits per heavy atom. The number of hydrogen-bond acceptors (Lipinski definition) is 10. The van der Waals surface area contributed by atoms with Crippen molar-refractivity contribution in [1.82, 2.24) is 18.8 Å². The Kier molecular flexibility index (Phi) is 8.37. The van der Waals surface area contributed by atoms with Gasteiger partial charge < -0.3 is 20.4 Å². The summed E-state index contributed by atoms with van der Waals surface area (Å²) in [5, 5.41) is 12.0. The zero-order chi connectivity index (χ0) is 32.5. The summed E-state index contributed by atoms with van der Waals surface area (Å²) in [5.41, 5.74) is 2.81. The summed E-state index contributed by atoms with van der Waals surface area (Å²) in [6.45, 7) is 4.34. The molecule has 13 nitrogen and oxygen atoms in total. The monoisotopic (exact) mass is 660 g/mol. The molecule has 4 N–H and O–H groups in total. The van der Waals surface area contributed by atoms with Gasteiger partial charge in [0.15, 0.2) is 5.65 Å². The second-order valence-corrected chi connectivity index (χ2v) is 14.3. The number of rotatable bonds is 9. The van der Waals surface area contributed by atoms with Crippen LogP contribution in [0.1, 0.15) is 12.5 Å². The third-order valence-electron chi connectivity index (χ3n) is 7.64. The Bertz CT molecular complexity index is 2110. The molecule has 0 radical (unpaired) electrons. The number of benzene rings is 3. The lowest BCUT2D eigenvalue weighted by Gasteiger charge is -2.35. The van der Waals surface area contributed by atoms with Crippen LogP contribution in [0.4, 0.5) is 28.8 Å². The number of sulfonamides is 1. The highest BCUT2D eigenvalue weighted by atomic mass is 32.2. The van der Waals surface area contributed by atoms with E-state index >= 15 is 0 Å². The van der Waals surface area contributed by atoms with Gasteiger partial charge in [-0.1, -0.05) is 36.4 Å². The zero-order valence-electron chi connectivity index (χ0n) is 24.9. The maximum absolute atomic E-state index is 13.6. The first-order valence-corrected chi connectivity index (χ1v) is 17.6. The topological polar surface area (TPSA) is 173 Å². The van der Waals surface area contributed by atoms with E-state index in [1.807, 2.05) is 35.2 Å². The van der Waals surface area contributed by atoms with E-state index in [0.717, 1.165) is 22.7 Å². The Morgan fingerprint density at radius 3 is 2.22 bits per heavy atom. The van der Waals surface area contributed by atoms with Crippen molar-refractivity contribution in [3.05, 3.63) is 96.7 Å². The van der Waals surface area contributed by atoms with Crippen LogP contribution >= 0.6 is 0 Å². The number of carbonyl (C=O) groups excluding carboxylic acids is 1. The first-order chi connectivity index (χ1) is 22.0. The molecule has 0 unspecified atom stereocenters. The number of aromatic nitrogens is 3. The van der Waals surface area contributed by atoms with Crippen molar-refractivity contribution in [3.63, 3.8) is 0 Å². The van der Waals surface area contributed by atoms with Crippen molar-refractivity contribution in [1.29, 1.82) is 0 Å². The Morgan fingerprint density at radius 2 is 1.54 bits per heavy atom. The second-order valence-electron chi connectivity index (χ2n) is 10.8. The molecule has 0 saturated carbocycles. The first kappa shape index (κ1) is 31.0. The number of hydrogen-bond donors (Lipinski definition) is 3. The van der Waals surface area contributed by atoms with Crippen LogP contribution < -0.4 is 20.7 Å². The molecule has 2 aromatic heterocycles. The molecule has 46 heavy (non-hydrogen) atoms. The quantitative estimate of drug-likeness (QED) is 0.212. The molecule has 0 bridgehead atoms. The third kappa shape index (κ3) is 6.80. The minimum atomic E-state index is -3.96. The number of anilines is 5. The molecule has 0 spiro atoms. The van der Waals surface area contributed by atoms with Crippen LogP contribution in [0.3, 0.4) is 0 Å². The SMILES string of the molecule is CC(=O)N1CCN(c2ccc(Nc3nc(Nc4cccc(S(N)(=O)=O)c4)c4ccn(S(=O)(=O)Cc5ccccc5)c4n3)cc2)CC1. The molecule has 1 aliphatic rings. The highest BCUT2D eigenvalue weighted by Crippen LogP contribution is 2.30. The van der Waals surface area contributed by atoms with Gasteiger partial charge in [-0.2, -0.15) is 9.97 Å². The van der Waals surface area contributed by atoms with Gasteiger partial charge in [0.2, 0.25) is 31.9 Å². The maximum Gasteiger partial charge on any atom is 0.244 e. The lowest BCUT2D eigenvalue weighted by molar-refractivity contribution is -0.129. The van der Waals surface area contributed by atoms with Crippen molar-refractivity contribution in [3.8, 4) is 0 Å². The molecule has 6 rings (SSSR count). The van der Waals surface area contributed by atoms with Gasteiger partial charge in [-0.05, 0) is 54.1 Å². The third-order valence-corrected chi connectivity index (χ3v) is 10.1. The lowest BCUT2D eigenvalue weighted by Crippen LogP contribution is -2.48. The number of piperazine rings is 1. The highest BCUT2D eigenvalue weighted by Gasteiger charge is 2.22. The van der Waals surface area contributed by atoms with Crippen molar-refractivity contribution in [2.45, 2.75) is 17.6 Å². The number of nitrogens with two attached hydrogens (primary N) is 1. The smallest absolute Gasteiger partial charge is 0.244 e. The molecule has 3 aromatic carbocycles. The van der Waals surface area contributed by atoms with E-state index in [2.05, 4.69) is 25.5 Å². The Hall–Kier alpha value is -4.99. The van der Waals surface area contributed by atoms with Crippen molar-refractivity contribution >= 4 is 65.8 Å². The van der Waals surface area contributed by atoms with Crippen LogP contribution in [-0.4, -0.2) is 67.8 Å². The van der Waals surface area contributed by atoms with Crippen LogP contribution in [0.2, 0.25) is 0 Å². The standard InChI is InChI=1S/C31H32N8O5S2/c1-22(40)37-16-18-38(19-17-37)26-12-10-24(11-13-26)34-31-35-29(33-25-8-5-9-27(20-25)46(32,43)44)28-14-15-39(30(28)36-31)45(41,42)21-23-6-3-2-4-7-23/h2-15,20H,16-19,21H2,1H3,(H2,32,43,44)(H2,33,34,35,36). The first-order valence-electron chi connectivity index (χ1n) is 14.4. The van der Waals surface area contributed by atoms with Gasteiger partial charge in [-0.3, -0.25) is 4.79 Å². The van der Waals surface area contributed by atoms with E-state index in [1.54, 1.807) is 43.3 Å². The molecule has 238 valence electrons. The molecule has 0 atom stereocenters. The fourth-order valence-corrected chi connectivity index (χ4v) is 7.23. The number of amides is 1. The Labute approximate surface area is 266 Å². The van der Waals surface area contributed by atoms with E-state index in [9.17, 15) is 21.6 Å². The predicted molar refractivity (Wildman–Crippen MR) is 177 cm³/mol. The van der Waals surface area contributed by atoms with E-state index in [0.29, 0.717) is 35.4 Å². The highest BCUT2D eigenvalue weighted by molar-refractivity contribution is 7.89. The van der Waals surface area contributed by atoms with Gasteiger partial charge in [0.1, 0.15) is 5.82 Å². The predicted octanol–water partition coefficient (Wildman–Crippen LogP) is 3.61. The molecular formula is C31H32N8O5S2. The van der Waals surface area contributed by atoms with Crippen LogP contribution in [0, 0.1) is 0 Å². The summed E-state index contributed by atoms with van der Waals surface area (Å²) in [4.78, 5) is 24.8. The van der Waals surface area contributed by atoms with Gasteiger partial charge in [0.05, 0.1) is 16.0 Å². The van der Waals surface area contributed by atoms with E-state index in [4.69, 9.17) is 5.14 Å². The van der Waals surface area contributed by atoms with Gasteiger partial charge in [0, 0.05) is 56.4 Å². The number of fused-ring (bicyclic) bond motifs is 1. The zero-order valence-corrected chi connectivity index (χ0v) is 26.5. The van der Waals surface area contributed by atoms with E-state index in [1.165, 1.54) is 24.4 Å². The van der Waals surface area contributed by atoms with E-state index in [-0.39, 0.29) is 34.0 Å². The number of carbonyl (C=O) groups is 1. The molecule has 3 heterocycles. The molecular weight excluding hydrogens is 629 g/mol. The average molecular weight is 661 g/mol. The van der Waals surface area contributed by atoms with Gasteiger partial charge in [-0.25, -0.2) is 25.9 Å². The van der Waals surface area contributed by atoms with Crippen LogP contribution in [0.15, 0.2) is 96.0 Å². The minimum absolute atomic E-state index is 0.0705. The van der Waals surface area contributed by atoms with Crippen LogP contribution in [0.25, 0.3) is 11.0 Å². The molecule has 1 aliphatic heterocycles. The molecule has 5 aromatic rings. The van der Waals surface area contributed by atoms with Gasteiger partial charge in [-0.15, -0.1) is 0 Å². The average Bonchev–Trinajstić information content (AvgIpc) is 3.47. The summed E-state index contributed by atoms with van der Waals surface area (Å²) in [5.74, 6) is 0.204. The lowest BCUT2D eigenvalue weighted by atomic mass is 10.2. The van der Waals surface area contributed by atoms with Crippen molar-refractivity contribution < 1.29 is 21.6 Å². The van der Waals surface area contributed by atoms with Crippen LogP contribution in [-0.2, 0) is 30.6 Å². The summed E-state index contributed by atoms with van der Waals surface area (Å²) in [6, 6.07) is 24.0. The molecule has 1 amide bonds. The summed E-state index contributed by atoms with van der Waals surface area (Å²) in [6.07, 6.45) is 1.42. The fourth-order valence-electron chi connectivity index (χ4n) is 5.27. The summed E-state index contributed by atoms with van der Waals surface area (Å²) < 4.78 is 52.2. The largest absolute Gasteiger partial charge is 0.368 e. The number of nitrogens with zero attached hydrogens (tertiary/aromatic N) is 5. The van der Waals surface area contributed by atoms with Gasteiger partial charge >= 0.3 is 0 Å². The molecule has 15 heteroatoms. The van der Waals surface area contributed by atoms with Crippen molar-refractivity contribution in [2.24, 2.45) is 5.14 Å². The Balaban J connectivity index is 1.34. The number of nitrogens with one attached hydrogen (secondary N) is 2. The van der Waals surface area contributed by atoms with Gasteiger partial charge in [0.25, 0.3) is 0 Å². The molecule has 0 aliphatic carbocycles. The molecule has 1 fully saturated rings. The van der Waals surface area contributed by atoms with Crippen molar-refractivity contribution in [2.75, 3.05) is 41.7 Å². The maximum atomic E-state index is 13.6. The summed E-state index contributed by atoms with van der Waals surface area (Å²) >= 11 is 0. The number of primary sulfonamides is 1. The molecule has 1 saturated heterocycles. The summed E-state index contributed by atoms with van der Waals surface area (Å²) in [7, 11) is -7.85. The van der Waals surface area contributed by atoms with E-state index < -0.39 is 20.0 Å².